The van der Waals surface area contributed by atoms with Crippen LogP contribution in [-0.4, -0.2) is 22.4 Å². The fourth-order valence-electron chi connectivity index (χ4n) is 1.05. The normalized spacial score (nSPS) is 14.5. The minimum absolute atomic E-state index is 0.563. The van der Waals surface area contributed by atoms with Gasteiger partial charge in [-0.25, -0.2) is 0 Å². The van der Waals surface area contributed by atoms with E-state index in [9.17, 15) is 5.11 Å². The third kappa shape index (κ3) is 9.39. The van der Waals surface area contributed by atoms with Gasteiger partial charge >= 0.3 is 0 Å². The first kappa shape index (κ1) is 12.5. The lowest BCUT2D eigenvalue weighted by molar-refractivity contribution is 0.214. The monoisotopic (exact) mass is 184 g/mol. The van der Waals surface area contributed by atoms with Crippen molar-refractivity contribution in [3.63, 3.8) is 0 Å². The van der Waals surface area contributed by atoms with Gasteiger partial charge in [0.05, 0.1) is 0 Å². The smallest absolute Gasteiger partial charge is 0.114 e. The van der Waals surface area contributed by atoms with Gasteiger partial charge in [0.15, 0.2) is 0 Å². The van der Waals surface area contributed by atoms with Gasteiger partial charge in [-0.3, -0.25) is 0 Å². The minimum Gasteiger partial charge on any atom is -0.381 e. The molecule has 0 aromatic heterocycles. The summed E-state index contributed by atoms with van der Waals surface area (Å²) in [5, 5.41) is 18.1. The molecule has 0 aromatic rings. The molecule has 0 saturated carbocycles. The van der Waals surface area contributed by atoms with Crippen LogP contribution < -0.4 is 0 Å². The molecule has 0 aliphatic carbocycles. The maximum atomic E-state index is 9.31. The molecule has 0 rings (SSSR count). The van der Waals surface area contributed by atoms with E-state index in [4.69, 9.17) is 5.11 Å². The van der Waals surface area contributed by atoms with Gasteiger partial charge in [0, 0.05) is 0 Å². The van der Waals surface area contributed by atoms with Crippen molar-refractivity contribution in [3.05, 3.63) is 0 Å². The lowest BCUT2D eigenvalue weighted by Gasteiger charge is -2.02. The Bertz CT molecular complexity index is 165. The molecule has 0 saturated heterocycles. The van der Waals surface area contributed by atoms with Crippen molar-refractivity contribution >= 4 is 0 Å². The second kappa shape index (κ2) is 8.10. The van der Waals surface area contributed by atoms with Gasteiger partial charge in [-0.15, -0.1) is 0 Å². The van der Waals surface area contributed by atoms with Crippen LogP contribution in [0.4, 0.5) is 0 Å². The Balaban J connectivity index is 3.41. The van der Waals surface area contributed by atoms with Crippen LogP contribution in [0.1, 0.15) is 46.0 Å². The molecular formula is C11H20O2. The fourth-order valence-corrected chi connectivity index (χ4v) is 1.05. The predicted octanol–water partition coefficient (Wildman–Crippen LogP) is 1.70. The Morgan fingerprint density at radius 3 is 2.31 bits per heavy atom. The largest absolute Gasteiger partial charge is 0.381 e. The second-order valence-corrected chi connectivity index (χ2v) is 3.33. The highest BCUT2D eigenvalue weighted by Crippen LogP contribution is 2.04. The first-order valence-electron chi connectivity index (χ1n) is 5.04. The van der Waals surface area contributed by atoms with Gasteiger partial charge in [-0.05, 0) is 19.8 Å². The molecule has 2 heteroatoms. The maximum Gasteiger partial charge on any atom is 0.114 e. The van der Waals surface area contributed by atoms with Crippen LogP contribution in [0, 0.1) is 11.8 Å². The Morgan fingerprint density at radius 2 is 1.77 bits per heavy atom. The van der Waals surface area contributed by atoms with Gasteiger partial charge < -0.3 is 10.2 Å². The van der Waals surface area contributed by atoms with Crippen LogP contribution in [0.25, 0.3) is 0 Å². The highest BCUT2D eigenvalue weighted by atomic mass is 16.3. The zero-order chi connectivity index (χ0) is 10.1. The van der Waals surface area contributed by atoms with Crippen LogP contribution in [-0.2, 0) is 0 Å². The number of unbranched alkanes of at least 4 members (excludes halogenated alkanes) is 3. The molecule has 0 aliphatic rings. The van der Waals surface area contributed by atoms with E-state index in [0.29, 0.717) is 0 Å². The Kier molecular flexibility index (Phi) is 7.77. The lowest BCUT2D eigenvalue weighted by Crippen LogP contribution is -2.04. The molecule has 0 fully saturated rings. The minimum atomic E-state index is -0.634. The van der Waals surface area contributed by atoms with Crippen molar-refractivity contribution in [1.82, 2.24) is 0 Å². The lowest BCUT2D eigenvalue weighted by atomic mass is 10.1. The van der Waals surface area contributed by atoms with E-state index in [1.54, 1.807) is 6.92 Å². The summed E-state index contributed by atoms with van der Waals surface area (Å²) in [7, 11) is 0. The molecule has 0 radical (unpaired) electrons. The second-order valence-electron chi connectivity index (χ2n) is 3.33. The molecule has 2 atom stereocenters. The number of aliphatic hydroxyl groups is 2. The summed E-state index contributed by atoms with van der Waals surface area (Å²) in [4.78, 5) is 0. The average molecular weight is 184 g/mol. The van der Waals surface area contributed by atoms with Gasteiger partial charge in [0.1, 0.15) is 12.2 Å². The molecule has 0 heterocycles. The van der Waals surface area contributed by atoms with Crippen LogP contribution in [0.5, 0.6) is 0 Å². The van der Waals surface area contributed by atoms with E-state index in [1.807, 2.05) is 0 Å². The van der Waals surface area contributed by atoms with Gasteiger partial charge in [0.25, 0.3) is 0 Å². The summed E-state index contributed by atoms with van der Waals surface area (Å²) in [6.45, 7) is 3.75. The Morgan fingerprint density at radius 1 is 1.08 bits per heavy atom. The maximum absolute atomic E-state index is 9.31. The molecule has 2 unspecified atom stereocenters. The van der Waals surface area contributed by atoms with E-state index in [1.165, 1.54) is 12.8 Å². The van der Waals surface area contributed by atoms with Crippen molar-refractivity contribution in [2.45, 2.75) is 58.2 Å². The topological polar surface area (TPSA) is 40.5 Å². The zero-order valence-corrected chi connectivity index (χ0v) is 8.58. The fraction of sp³-hybridized carbons (Fsp3) is 0.818. The molecule has 0 spiro atoms. The Labute approximate surface area is 81.0 Å². The van der Waals surface area contributed by atoms with E-state index in [-0.39, 0.29) is 0 Å². The van der Waals surface area contributed by atoms with E-state index in [2.05, 4.69) is 18.8 Å². The van der Waals surface area contributed by atoms with Crippen molar-refractivity contribution in [2.75, 3.05) is 0 Å². The third-order valence-corrected chi connectivity index (χ3v) is 1.79. The molecule has 76 valence electrons. The van der Waals surface area contributed by atoms with Crippen molar-refractivity contribution in [2.24, 2.45) is 0 Å². The molecule has 0 aliphatic heterocycles. The summed E-state index contributed by atoms with van der Waals surface area (Å²) in [6.07, 6.45) is 4.12. The predicted molar refractivity (Wildman–Crippen MR) is 54.2 cm³/mol. The van der Waals surface area contributed by atoms with Crippen molar-refractivity contribution in [3.8, 4) is 11.8 Å². The van der Waals surface area contributed by atoms with E-state index >= 15 is 0 Å². The summed E-state index contributed by atoms with van der Waals surface area (Å²) < 4.78 is 0. The van der Waals surface area contributed by atoms with Crippen LogP contribution in [0.3, 0.4) is 0 Å². The van der Waals surface area contributed by atoms with Crippen LogP contribution >= 0.6 is 0 Å². The van der Waals surface area contributed by atoms with Gasteiger partial charge in [-0.1, -0.05) is 38.0 Å². The summed E-state index contributed by atoms with van der Waals surface area (Å²) in [5.41, 5.74) is 0. The summed E-state index contributed by atoms with van der Waals surface area (Å²) in [5.74, 6) is 5.16. The molecule has 2 nitrogen and oxygen atoms in total. The number of hydrogen-bond donors (Lipinski definition) is 2. The SMILES string of the molecule is CCCCCCC(O)C#CC(C)O. The number of aliphatic hydroxyl groups excluding tert-OH is 2. The summed E-state index contributed by atoms with van der Waals surface area (Å²) in [6, 6.07) is 0. The van der Waals surface area contributed by atoms with Crippen LogP contribution in [0.15, 0.2) is 0 Å². The summed E-state index contributed by atoms with van der Waals surface area (Å²) >= 11 is 0. The zero-order valence-electron chi connectivity index (χ0n) is 8.58. The van der Waals surface area contributed by atoms with Crippen molar-refractivity contribution < 1.29 is 10.2 Å². The molecule has 0 amide bonds. The number of hydrogen-bond acceptors (Lipinski definition) is 2. The Hall–Kier alpha value is -0.520. The third-order valence-electron chi connectivity index (χ3n) is 1.79. The highest BCUT2D eigenvalue weighted by Gasteiger charge is 1.98. The molecule has 2 N–H and O–H groups in total. The first-order valence-corrected chi connectivity index (χ1v) is 5.04. The van der Waals surface area contributed by atoms with Crippen molar-refractivity contribution in [1.29, 1.82) is 0 Å². The standard InChI is InChI=1S/C11H20O2/c1-3-4-5-6-7-11(13)9-8-10(2)12/h10-13H,3-7H2,1-2H3. The molecule has 0 bridgehead atoms. The quantitative estimate of drug-likeness (QED) is 0.504. The first-order chi connectivity index (χ1) is 6.16. The molecule has 0 aromatic carbocycles. The molecule has 13 heavy (non-hydrogen) atoms. The van der Waals surface area contributed by atoms with Gasteiger partial charge in [0.2, 0.25) is 0 Å². The van der Waals surface area contributed by atoms with Gasteiger partial charge in [-0.2, -0.15) is 0 Å². The van der Waals surface area contributed by atoms with E-state index in [0.717, 1.165) is 19.3 Å². The number of rotatable bonds is 5. The molecular weight excluding hydrogens is 164 g/mol. The van der Waals surface area contributed by atoms with Crippen LogP contribution in [0.2, 0.25) is 0 Å². The average Bonchev–Trinajstić information content (AvgIpc) is 2.09. The highest BCUT2D eigenvalue weighted by molar-refractivity contribution is 5.07. The van der Waals surface area contributed by atoms with E-state index < -0.39 is 12.2 Å².